The Kier molecular flexibility index (Phi) is 7.28. The normalized spacial score (nSPS) is 10.7. The minimum atomic E-state index is -0.273. The van der Waals surface area contributed by atoms with Gasteiger partial charge in [-0.15, -0.1) is 0 Å². The molecule has 4 heteroatoms. The lowest BCUT2D eigenvalue weighted by atomic mass is 10.0. The minimum absolute atomic E-state index is 0.273. The highest BCUT2D eigenvalue weighted by Crippen LogP contribution is 2.27. The van der Waals surface area contributed by atoms with Crippen LogP contribution in [-0.2, 0) is 6.42 Å². The minimum Gasteiger partial charge on any atom is -0.496 e. The van der Waals surface area contributed by atoms with Gasteiger partial charge >= 0.3 is 0 Å². The van der Waals surface area contributed by atoms with E-state index in [1.807, 2.05) is 13.1 Å². The van der Waals surface area contributed by atoms with Gasteiger partial charge in [-0.2, -0.15) is 0 Å². The summed E-state index contributed by atoms with van der Waals surface area (Å²) in [5, 5.41) is 3.14. The Labute approximate surface area is 117 Å². The number of aryl methyl sites for hydroxylation is 1. The van der Waals surface area contributed by atoms with Crippen LogP contribution in [0.4, 0.5) is 4.39 Å². The van der Waals surface area contributed by atoms with Crippen molar-refractivity contribution in [3.63, 3.8) is 0 Å². The zero-order valence-electron chi connectivity index (χ0n) is 11.1. The molecule has 0 saturated carbocycles. The molecule has 1 aromatic rings. The quantitative estimate of drug-likeness (QED) is 0.734. The number of nitrogens with one attached hydrogen (secondary N) is 1. The molecule has 2 nitrogen and oxygen atoms in total. The molecule has 0 bridgehead atoms. The predicted molar refractivity (Wildman–Crippen MR) is 76.8 cm³/mol. The summed E-state index contributed by atoms with van der Waals surface area (Å²) in [6.07, 6.45) is 5.67. The summed E-state index contributed by atoms with van der Waals surface area (Å²) in [4.78, 5) is 0. The molecular weight excluding hydrogens is 297 g/mol. The van der Waals surface area contributed by atoms with Gasteiger partial charge in [-0.1, -0.05) is 12.8 Å². The average Bonchev–Trinajstić information content (AvgIpc) is 2.37. The van der Waals surface area contributed by atoms with Crippen LogP contribution >= 0.6 is 15.9 Å². The number of benzene rings is 1. The van der Waals surface area contributed by atoms with Gasteiger partial charge in [0, 0.05) is 6.07 Å². The lowest BCUT2D eigenvalue weighted by molar-refractivity contribution is 0.404. The summed E-state index contributed by atoms with van der Waals surface area (Å²) in [7, 11) is 3.56. The summed E-state index contributed by atoms with van der Waals surface area (Å²) >= 11 is 3.21. The molecule has 0 aliphatic heterocycles. The maximum atomic E-state index is 13.3. The van der Waals surface area contributed by atoms with Crippen LogP contribution in [0.5, 0.6) is 5.75 Å². The maximum Gasteiger partial charge on any atom is 0.141 e. The molecule has 0 aliphatic rings. The fourth-order valence-corrected chi connectivity index (χ4v) is 2.32. The molecule has 0 aromatic heterocycles. The first-order valence-corrected chi connectivity index (χ1v) is 7.15. The number of rotatable bonds is 8. The first kappa shape index (κ1) is 15.4. The van der Waals surface area contributed by atoms with Crippen molar-refractivity contribution in [2.45, 2.75) is 32.1 Å². The van der Waals surface area contributed by atoms with E-state index >= 15 is 0 Å². The van der Waals surface area contributed by atoms with Gasteiger partial charge in [-0.3, -0.25) is 0 Å². The van der Waals surface area contributed by atoms with Crippen molar-refractivity contribution in [1.29, 1.82) is 0 Å². The van der Waals surface area contributed by atoms with Crippen molar-refractivity contribution in [2.75, 3.05) is 20.7 Å². The molecule has 0 saturated heterocycles. The number of hydrogen-bond donors (Lipinski definition) is 1. The van der Waals surface area contributed by atoms with Crippen molar-refractivity contribution in [3.8, 4) is 5.75 Å². The second kappa shape index (κ2) is 8.48. The Morgan fingerprint density at radius 3 is 2.61 bits per heavy atom. The van der Waals surface area contributed by atoms with E-state index in [-0.39, 0.29) is 5.82 Å². The highest BCUT2D eigenvalue weighted by molar-refractivity contribution is 9.10. The van der Waals surface area contributed by atoms with Crippen LogP contribution < -0.4 is 10.1 Å². The maximum absolute atomic E-state index is 13.3. The van der Waals surface area contributed by atoms with Crippen LogP contribution in [0, 0.1) is 5.82 Å². The molecule has 0 fully saturated rings. The van der Waals surface area contributed by atoms with Gasteiger partial charge in [0.25, 0.3) is 0 Å². The molecule has 0 unspecified atom stereocenters. The van der Waals surface area contributed by atoms with E-state index in [0.717, 1.165) is 24.9 Å². The first-order chi connectivity index (χ1) is 8.69. The van der Waals surface area contributed by atoms with Crippen molar-refractivity contribution in [2.24, 2.45) is 0 Å². The third kappa shape index (κ3) is 4.94. The molecule has 1 rings (SSSR count). The third-order valence-corrected chi connectivity index (χ3v) is 3.55. The summed E-state index contributed by atoms with van der Waals surface area (Å²) in [5.41, 5.74) is 1.07. The van der Waals surface area contributed by atoms with E-state index in [2.05, 4.69) is 21.2 Å². The lowest BCUT2D eigenvalue weighted by Gasteiger charge is -2.09. The van der Waals surface area contributed by atoms with Gasteiger partial charge in [-0.05, 0) is 60.4 Å². The topological polar surface area (TPSA) is 21.3 Å². The summed E-state index contributed by atoms with van der Waals surface area (Å²) in [6, 6.07) is 3.27. The van der Waals surface area contributed by atoms with Gasteiger partial charge in [0.05, 0.1) is 11.6 Å². The monoisotopic (exact) mass is 317 g/mol. The molecule has 0 aliphatic carbocycles. The molecule has 0 spiro atoms. The van der Waals surface area contributed by atoms with Crippen molar-refractivity contribution < 1.29 is 9.13 Å². The number of halogens is 2. The average molecular weight is 318 g/mol. The van der Waals surface area contributed by atoms with Crippen LogP contribution in [0.2, 0.25) is 0 Å². The van der Waals surface area contributed by atoms with Gasteiger partial charge in [0.15, 0.2) is 0 Å². The molecular formula is C14H21BrFNO. The molecule has 1 aromatic carbocycles. The molecule has 0 radical (unpaired) electrons. The van der Waals surface area contributed by atoms with Crippen LogP contribution in [0.1, 0.15) is 31.2 Å². The fourth-order valence-electron chi connectivity index (χ4n) is 1.93. The van der Waals surface area contributed by atoms with E-state index in [4.69, 9.17) is 4.74 Å². The van der Waals surface area contributed by atoms with Crippen LogP contribution in [0.25, 0.3) is 0 Å². The SMILES string of the molecule is CNCCCCCCc1cc(Br)c(F)cc1OC. The lowest BCUT2D eigenvalue weighted by Crippen LogP contribution is -2.06. The van der Waals surface area contributed by atoms with E-state index < -0.39 is 0 Å². The van der Waals surface area contributed by atoms with Gasteiger partial charge in [-0.25, -0.2) is 4.39 Å². The number of ether oxygens (including phenoxy) is 1. The summed E-state index contributed by atoms with van der Waals surface area (Å²) in [6.45, 7) is 1.07. The highest BCUT2D eigenvalue weighted by atomic mass is 79.9. The largest absolute Gasteiger partial charge is 0.496 e. The number of methoxy groups -OCH3 is 1. The third-order valence-electron chi connectivity index (χ3n) is 2.95. The van der Waals surface area contributed by atoms with E-state index in [9.17, 15) is 4.39 Å². The zero-order valence-corrected chi connectivity index (χ0v) is 12.6. The number of unbranched alkanes of at least 4 members (excludes halogenated alkanes) is 3. The summed E-state index contributed by atoms with van der Waals surface area (Å²) in [5.74, 6) is 0.371. The molecule has 102 valence electrons. The zero-order chi connectivity index (χ0) is 13.4. The Bertz CT molecular complexity index is 371. The van der Waals surface area contributed by atoms with Crippen LogP contribution in [0.3, 0.4) is 0 Å². The Hall–Kier alpha value is -0.610. The molecule has 0 amide bonds. The molecule has 0 atom stereocenters. The Morgan fingerprint density at radius 2 is 1.94 bits per heavy atom. The van der Waals surface area contributed by atoms with Gasteiger partial charge < -0.3 is 10.1 Å². The van der Waals surface area contributed by atoms with E-state index in [1.54, 1.807) is 7.11 Å². The molecule has 0 heterocycles. The van der Waals surface area contributed by atoms with Gasteiger partial charge in [0.1, 0.15) is 11.6 Å². The summed E-state index contributed by atoms with van der Waals surface area (Å²) < 4.78 is 19.1. The smallest absolute Gasteiger partial charge is 0.141 e. The fraction of sp³-hybridized carbons (Fsp3) is 0.571. The Morgan fingerprint density at radius 1 is 1.22 bits per heavy atom. The van der Waals surface area contributed by atoms with E-state index in [0.29, 0.717) is 10.2 Å². The molecule has 1 N–H and O–H groups in total. The van der Waals surface area contributed by atoms with Crippen molar-refractivity contribution in [3.05, 3.63) is 28.0 Å². The van der Waals surface area contributed by atoms with Gasteiger partial charge in [0.2, 0.25) is 0 Å². The van der Waals surface area contributed by atoms with Crippen molar-refractivity contribution >= 4 is 15.9 Å². The van der Waals surface area contributed by atoms with Crippen LogP contribution in [-0.4, -0.2) is 20.7 Å². The van der Waals surface area contributed by atoms with E-state index in [1.165, 1.54) is 25.3 Å². The second-order valence-corrected chi connectivity index (χ2v) is 5.20. The van der Waals surface area contributed by atoms with Crippen molar-refractivity contribution in [1.82, 2.24) is 5.32 Å². The van der Waals surface area contributed by atoms with Crippen LogP contribution in [0.15, 0.2) is 16.6 Å². The predicted octanol–water partition coefficient (Wildman–Crippen LogP) is 3.92. The number of hydrogen-bond acceptors (Lipinski definition) is 2. The molecule has 18 heavy (non-hydrogen) atoms. The standard InChI is InChI=1S/C14H21BrFNO/c1-17-8-6-4-3-5-7-11-9-12(15)13(16)10-14(11)18-2/h9-10,17H,3-8H2,1-2H3. The first-order valence-electron chi connectivity index (χ1n) is 6.35. The Balaban J connectivity index is 2.43. The highest BCUT2D eigenvalue weighted by Gasteiger charge is 2.08. The second-order valence-electron chi connectivity index (χ2n) is 4.35.